The van der Waals surface area contributed by atoms with Gasteiger partial charge in [-0.05, 0) is 36.8 Å². The zero-order valence-corrected chi connectivity index (χ0v) is 11.2. The lowest BCUT2D eigenvalue weighted by atomic mass is 10.2. The lowest BCUT2D eigenvalue weighted by molar-refractivity contribution is 0.112. The molecule has 0 heterocycles. The maximum Gasteiger partial charge on any atom is 0.153 e. The Hall–Kier alpha value is -1.68. The molecule has 4 heteroatoms. The smallest absolute Gasteiger partial charge is 0.153 e. The first-order valence-electron chi connectivity index (χ1n) is 5.29. The van der Waals surface area contributed by atoms with E-state index in [-0.39, 0.29) is 5.82 Å². The average Bonchev–Trinajstić information content (AvgIpc) is 2.36. The number of ether oxygens (including phenoxy) is 1. The van der Waals surface area contributed by atoms with E-state index in [1.165, 1.54) is 12.1 Å². The number of halogens is 2. The summed E-state index contributed by atoms with van der Waals surface area (Å²) in [6, 6.07) is 9.37. The van der Waals surface area contributed by atoms with E-state index in [0.29, 0.717) is 23.3 Å². The minimum atomic E-state index is -0.375. The van der Waals surface area contributed by atoms with Crippen LogP contribution in [0.15, 0.2) is 40.9 Å². The Balaban J connectivity index is 2.39. The van der Waals surface area contributed by atoms with Crippen LogP contribution in [0, 0.1) is 12.7 Å². The van der Waals surface area contributed by atoms with Crippen LogP contribution >= 0.6 is 15.9 Å². The normalized spacial score (nSPS) is 10.2. The highest BCUT2D eigenvalue weighted by Crippen LogP contribution is 2.29. The summed E-state index contributed by atoms with van der Waals surface area (Å²) in [5.41, 5.74) is 1.21. The minimum absolute atomic E-state index is 0.375. The molecule has 18 heavy (non-hydrogen) atoms. The van der Waals surface area contributed by atoms with E-state index < -0.39 is 0 Å². The molecule has 0 aliphatic carbocycles. The minimum Gasteiger partial charge on any atom is -0.456 e. The zero-order valence-electron chi connectivity index (χ0n) is 9.61. The van der Waals surface area contributed by atoms with Crippen molar-refractivity contribution in [2.75, 3.05) is 0 Å². The van der Waals surface area contributed by atoms with E-state index in [2.05, 4.69) is 15.9 Å². The molecule has 0 aliphatic heterocycles. The quantitative estimate of drug-likeness (QED) is 0.780. The van der Waals surface area contributed by atoms with Gasteiger partial charge in [0, 0.05) is 10.5 Å². The van der Waals surface area contributed by atoms with Crippen molar-refractivity contribution >= 4 is 22.2 Å². The lowest BCUT2D eigenvalue weighted by Crippen LogP contribution is -1.93. The molecule has 92 valence electrons. The van der Waals surface area contributed by atoms with Crippen molar-refractivity contribution in [2.24, 2.45) is 0 Å². The topological polar surface area (TPSA) is 26.3 Å². The summed E-state index contributed by atoms with van der Waals surface area (Å²) in [7, 11) is 0. The van der Waals surface area contributed by atoms with Crippen LogP contribution in [0.3, 0.4) is 0 Å². The zero-order chi connectivity index (χ0) is 13.1. The van der Waals surface area contributed by atoms with Gasteiger partial charge >= 0.3 is 0 Å². The molecule has 2 nitrogen and oxygen atoms in total. The molecular formula is C14H10BrFO2. The van der Waals surface area contributed by atoms with Gasteiger partial charge in [-0.3, -0.25) is 4.79 Å². The third-order valence-corrected chi connectivity index (χ3v) is 2.96. The summed E-state index contributed by atoms with van der Waals surface area (Å²) < 4.78 is 19.5. The maximum absolute atomic E-state index is 13.1. The monoisotopic (exact) mass is 308 g/mol. The summed E-state index contributed by atoms with van der Waals surface area (Å²) in [6.45, 7) is 1.81. The summed E-state index contributed by atoms with van der Waals surface area (Å²) in [6.07, 6.45) is 0.703. The third kappa shape index (κ3) is 2.76. The van der Waals surface area contributed by atoms with E-state index >= 15 is 0 Å². The number of aryl methyl sites for hydroxylation is 1. The van der Waals surface area contributed by atoms with Crippen molar-refractivity contribution in [1.29, 1.82) is 0 Å². The number of rotatable bonds is 3. The highest BCUT2D eigenvalue weighted by atomic mass is 79.9. The van der Waals surface area contributed by atoms with Crippen LogP contribution in [0.25, 0.3) is 0 Å². The molecule has 0 bridgehead atoms. The van der Waals surface area contributed by atoms with E-state index in [1.54, 1.807) is 24.3 Å². The van der Waals surface area contributed by atoms with Gasteiger partial charge in [0.15, 0.2) is 6.29 Å². The van der Waals surface area contributed by atoms with Crippen molar-refractivity contribution in [1.82, 2.24) is 0 Å². The Labute approximate surface area is 113 Å². The summed E-state index contributed by atoms with van der Waals surface area (Å²) in [5.74, 6) is 0.433. The SMILES string of the molecule is Cc1ccc(F)cc1Oc1ccc(Br)cc1C=O. The second-order valence-electron chi connectivity index (χ2n) is 3.81. The Kier molecular flexibility index (Phi) is 3.77. The fraction of sp³-hybridized carbons (Fsp3) is 0.0714. The first kappa shape index (κ1) is 12.8. The number of hydrogen-bond acceptors (Lipinski definition) is 2. The Morgan fingerprint density at radius 3 is 2.67 bits per heavy atom. The van der Waals surface area contributed by atoms with E-state index in [0.717, 1.165) is 10.0 Å². The van der Waals surface area contributed by atoms with Crippen molar-refractivity contribution in [3.63, 3.8) is 0 Å². The van der Waals surface area contributed by atoms with E-state index in [4.69, 9.17) is 4.74 Å². The molecule has 2 rings (SSSR count). The molecule has 2 aromatic rings. The first-order valence-corrected chi connectivity index (χ1v) is 6.08. The van der Waals surface area contributed by atoms with Gasteiger partial charge in [-0.2, -0.15) is 0 Å². The molecule has 0 aliphatic rings. The van der Waals surface area contributed by atoms with Crippen molar-refractivity contribution in [2.45, 2.75) is 6.92 Å². The lowest BCUT2D eigenvalue weighted by Gasteiger charge is -2.10. The largest absolute Gasteiger partial charge is 0.456 e. The van der Waals surface area contributed by atoms with Gasteiger partial charge < -0.3 is 4.74 Å². The van der Waals surface area contributed by atoms with Crippen LogP contribution in [0.2, 0.25) is 0 Å². The van der Waals surface area contributed by atoms with Crippen LogP contribution in [0.5, 0.6) is 11.5 Å². The highest BCUT2D eigenvalue weighted by molar-refractivity contribution is 9.10. The molecule has 0 amide bonds. The summed E-state index contributed by atoms with van der Waals surface area (Å²) in [4.78, 5) is 10.9. The van der Waals surface area contributed by atoms with Gasteiger partial charge in [0.1, 0.15) is 17.3 Å². The number of aldehydes is 1. The molecule has 0 N–H and O–H groups in total. The van der Waals surface area contributed by atoms with Crippen LogP contribution in [-0.4, -0.2) is 6.29 Å². The predicted octanol–water partition coefficient (Wildman–Crippen LogP) is 4.50. The molecule has 0 aromatic heterocycles. The second-order valence-corrected chi connectivity index (χ2v) is 4.73. The Morgan fingerprint density at radius 1 is 1.17 bits per heavy atom. The van der Waals surface area contributed by atoms with Gasteiger partial charge in [-0.1, -0.05) is 22.0 Å². The molecule has 0 saturated heterocycles. The van der Waals surface area contributed by atoms with Gasteiger partial charge in [-0.25, -0.2) is 4.39 Å². The fourth-order valence-electron chi connectivity index (χ4n) is 1.51. The molecule has 0 atom stereocenters. The van der Waals surface area contributed by atoms with Gasteiger partial charge in [0.25, 0.3) is 0 Å². The standard InChI is InChI=1S/C14H10BrFO2/c1-9-2-4-12(16)7-14(9)18-13-5-3-11(15)6-10(13)8-17/h2-8H,1H3. The molecule has 0 spiro atoms. The van der Waals surface area contributed by atoms with Crippen molar-refractivity contribution in [3.05, 3.63) is 57.8 Å². The van der Waals surface area contributed by atoms with Gasteiger partial charge in [-0.15, -0.1) is 0 Å². The van der Waals surface area contributed by atoms with Crippen LogP contribution in [-0.2, 0) is 0 Å². The summed E-state index contributed by atoms with van der Waals surface area (Å²) in [5, 5.41) is 0. The van der Waals surface area contributed by atoms with Gasteiger partial charge in [0.05, 0.1) is 5.56 Å². The number of benzene rings is 2. The molecule has 0 fully saturated rings. The Morgan fingerprint density at radius 2 is 1.94 bits per heavy atom. The van der Waals surface area contributed by atoms with Crippen LogP contribution in [0.1, 0.15) is 15.9 Å². The fourth-order valence-corrected chi connectivity index (χ4v) is 1.89. The molecular weight excluding hydrogens is 299 g/mol. The molecule has 0 saturated carbocycles. The van der Waals surface area contributed by atoms with Crippen LogP contribution < -0.4 is 4.74 Å². The molecule has 0 radical (unpaired) electrons. The Bertz CT molecular complexity index is 596. The predicted molar refractivity (Wildman–Crippen MR) is 70.7 cm³/mol. The number of carbonyl (C=O) groups is 1. The van der Waals surface area contributed by atoms with Crippen LogP contribution in [0.4, 0.5) is 4.39 Å². The average molecular weight is 309 g/mol. The van der Waals surface area contributed by atoms with Gasteiger partial charge in [0.2, 0.25) is 0 Å². The number of carbonyl (C=O) groups excluding carboxylic acids is 1. The highest BCUT2D eigenvalue weighted by Gasteiger charge is 2.08. The second kappa shape index (κ2) is 5.31. The van der Waals surface area contributed by atoms with Crippen molar-refractivity contribution in [3.8, 4) is 11.5 Å². The van der Waals surface area contributed by atoms with E-state index in [1.807, 2.05) is 6.92 Å². The molecule has 0 unspecified atom stereocenters. The summed E-state index contributed by atoms with van der Waals surface area (Å²) >= 11 is 3.27. The third-order valence-electron chi connectivity index (χ3n) is 2.47. The maximum atomic E-state index is 13.1. The number of hydrogen-bond donors (Lipinski definition) is 0. The van der Waals surface area contributed by atoms with E-state index in [9.17, 15) is 9.18 Å². The van der Waals surface area contributed by atoms with Crippen molar-refractivity contribution < 1.29 is 13.9 Å². The first-order chi connectivity index (χ1) is 8.60. The molecule has 2 aromatic carbocycles.